The van der Waals surface area contributed by atoms with E-state index in [0.29, 0.717) is 11.1 Å². The van der Waals surface area contributed by atoms with E-state index in [4.69, 9.17) is 5.11 Å². The van der Waals surface area contributed by atoms with E-state index >= 15 is 0 Å². The number of hydrogen-bond acceptors (Lipinski definition) is 1. The average molecular weight is 256 g/mol. The van der Waals surface area contributed by atoms with Crippen LogP contribution in [0.3, 0.4) is 0 Å². The molecule has 0 radical (unpaired) electrons. The number of aliphatic carboxylic acids is 1. The van der Waals surface area contributed by atoms with Gasteiger partial charge in [-0.25, -0.2) is 9.18 Å². The molecule has 19 heavy (non-hydrogen) atoms. The first kappa shape index (κ1) is 13.0. The normalized spacial score (nSPS) is 10.2. The third-order valence-corrected chi connectivity index (χ3v) is 2.84. The Morgan fingerprint density at radius 2 is 1.84 bits per heavy atom. The maximum absolute atomic E-state index is 14.0. The van der Waals surface area contributed by atoms with Crippen LogP contribution in [0, 0.1) is 5.82 Å². The summed E-state index contributed by atoms with van der Waals surface area (Å²) < 4.78 is 14.0. The van der Waals surface area contributed by atoms with Crippen LogP contribution in [-0.4, -0.2) is 11.1 Å². The van der Waals surface area contributed by atoms with Crippen molar-refractivity contribution < 1.29 is 14.3 Å². The molecule has 1 N–H and O–H groups in total. The van der Waals surface area contributed by atoms with Crippen LogP contribution in [0.5, 0.6) is 0 Å². The lowest BCUT2D eigenvalue weighted by Gasteiger charge is -2.06. The van der Waals surface area contributed by atoms with Gasteiger partial charge >= 0.3 is 5.97 Å². The maximum atomic E-state index is 14.0. The number of hydrogen-bond donors (Lipinski definition) is 1. The Morgan fingerprint density at radius 3 is 2.42 bits per heavy atom. The summed E-state index contributed by atoms with van der Waals surface area (Å²) in [6, 6.07) is 13.9. The molecular formula is C16H13FO2. The standard InChI is InChI=1S/C16H13FO2/c1-11(16(18)19)9-12-7-8-14(15(17)10-12)13-5-3-2-4-6-13/h2-8,10H,1,9H2,(H,18,19). The minimum atomic E-state index is -1.06. The van der Waals surface area contributed by atoms with E-state index in [1.165, 1.54) is 6.07 Å². The van der Waals surface area contributed by atoms with Gasteiger partial charge in [-0.1, -0.05) is 49.0 Å². The van der Waals surface area contributed by atoms with Gasteiger partial charge in [-0.2, -0.15) is 0 Å². The highest BCUT2D eigenvalue weighted by molar-refractivity contribution is 5.86. The van der Waals surface area contributed by atoms with Gasteiger partial charge < -0.3 is 5.11 Å². The largest absolute Gasteiger partial charge is 0.478 e. The quantitative estimate of drug-likeness (QED) is 0.847. The molecule has 0 aliphatic heterocycles. The first-order chi connectivity index (χ1) is 9.08. The average Bonchev–Trinajstić information content (AvgIpc) is 2.39. The maximum Gasteiger partial charge on any atom is 0.331 e. The van der Waals surface area contributed by atoms with E-state index in [0.717, 1.165) is 5.56 Å². The molecular weight excluding hydrogens is 243 g/mol. The summed E-state index contributed by atoms with van der Waals surface area (Å²) in [5, 5.41) is 8.75. The predicted octanol–water partition coefficient (Wildman–Crippen LogP) is 3.68. The summed E-state index contributed by atoms with van der Waals surface area (Å²) in [5.74, 6) is -1.42. The highest BCUT2D eigenvalue weighted by Crippen LogP contribution is 2.24. The van der Waals surface area contributed by atoms with Crippen molar-refractivity contribution in [2.24, 2.45) is 0 Å². The molecule has 0 heterocycles. The summed E-state index contributed by atoms with van der Waals surface area (Å²) in [7, 11) is 0. The second-order valence-electron chi connectivity index (χ2n) is 4.27. The number of carboxylic acid groups (broad SMARTS) is 1. The molecule has 0 amide bonds. The molecule has 2 aromatic carbocycles. The number of carbonyl (C=O) groups is 1. The Bertz CT molecular complexity index is 618. The Morgan fingerprint density at radius 1 is 1.16 bits per heavy atom. The van der Waals surface area contributed by atoms with Crippen LogP contribution < -0.4 is 0 Å². The Hall–Kier alpha value is -2.42. The van der Waals surface area contributed by atoms with Gasteiger partial charge in [-0.05, 0) is 17.2 Å². The van der Waals surface area contributed by atoms with Gasteiger partial charge in [-0.15, -0.1) is 0 Å². The summed E-state index contributed by atoms with van der Waals surface area (Å²) in [4.78, 5) is 10.7. The van der Waals surface area contributed by atoms with Gasteiger partial charge in [0.25, 0.3) is 0 Å². The van der Waals surface area contributed by atoms with E-state index in [-0.39, 0.29) is 17.8 Å². The van der Waals surface area contributed by atoms with Gasteiger partial charge in [-0.3, -0.25) is 0 Å². The van der Waals surface area contributed by atoms with Crippen molar-refractivity contribution in [1.29, 1.82) is 0 Å². The molecule has 0 saturated carbocycles. The summed E-state index contributed by atoms with van der Waals surface area (Å²) in [6.45, 7) is 3.44. The van der Waals surface area contributed by atoms with Crippen LogP contribution in [0.1, 0.15) is 5.56 Å². The minimum Gasteiger partial charge on any atom is -0.478 e. The monoisotopic (exact) mass is 256 g/mol. The lowest BCUT2D eigenvalue weighted by molar-refractivity contribution is -0.132. The third-order valence-electron chi connectivity index (χ3n) is 2.84. The molecule has 2 aromatic rings. The molecule has 0 fully saturated rings. The van der Waals surface area contributed by atoms with Crippen LogP contribution in [0.4, 0.5) is 4.39 Å². The van der Waals surface area contributed by atoms with Crippen LogP contribution in [-0.2, 0) is 11.2 Å². The van der Waals surface area contributed by atoms with Gasteiger partial charge in [0.15, 0.2) is 0 Å². The lowest BCUT2D eigenvalue weighted by Crippen LogP contribution is -2.02. The van der Waals surface area contributed by atoms with Gasteiger partial charge in [0.2, 0.25) is 0 Å². The van der Waals surface area contributed by atoms with Crippen molar-refractivity contribution in [3.8, 4) is 11.1 Å². The van der Waals surface area contributed by atoms with Crippen molar-refractivity contribution in [2.75, 3.05) is 0 Å². The molecule has 0 atom stereocenters. The minimum absolute atomic E-state index is 0.0480. The van der Waals surface area contributed by atoms with Crippen molar-refractivity contribution in [1.82, 2.24) is 0 Å². The molecule has 96 valence electrons. The van der Waals surface area contributed by atoms with Crippen LogP contribution in [0.2, 0.25) is 0 Å². The number of carboxylic acids is 1. The Kier molecular flexibility index (Phi) is 3.76. The molecule has 2 rings (SSSR count). The molecule has 3 heteroatoms. The molecule has 0 bridgehead atoms. The first-order valence-corrected chi connectivity index (χ1v) is 5.83. The van der Waals surface area contributed by atoms with Crippen LogP contribution in [0.15, 0.2) is 60.7 Å². The second-order valence-corrected chi connectivity index (χ2v) is 4.27. The van der Waals surface area contributed by atoms with E-state index in [9.17, 15) is 9.18 Å². The van der Waals surface area contributed by atoms with Crippen molar-refractivity contribution in [2.45, 2.75) is 6.42 Å². The predicted molar refractivity (Wildman–Crippen MR) is 72.3 cm³/mol. The SMILES string of the molecule is C=C(Cc1ccc(-c2ccccc2)c(F)c1)C(=O)O. The van der Waals surface area contributed by atoms with Crippen molar-refractivity contribution in [3.05, 3.63) is 72.1 Å². The van der Waals surface area contributed by atoms with E-state index in [1.807, 2.05) is 30.3 Å². The first-order valence-electron chi connectivity index (χ1n) is 5.83. The fourth-order valence-electron chi connectivity index (χ4n) is 1.84. The highest BCUT2D eigenvalue weighted by atomic mass is 19.1. The molecule has 0 aliphatic rings. The zero-order valence-electron chi connectivity index (χ0n) is 10.3. The Labute approximate surface area is 110 Å². The third kappa shape index (κ3) is 3.07. The molecule has 0 spiro atoms. The zero-order chi connectivity index (χ0) is 13.8. The number of halogens is 1. The van der Waals surface area contributed by atoms with Crippen LogP contribution >= 0.6 is 0 Å². The van der Waals surface area contributed by atoms with Gasteiger partial charge in [0, 0.05) is 17.6 Å². The second kappa shape index (κ2) is 5.48. The van der Waals surface area contributed by atoms with Crippen molar-refractivity contribution >= 4 is 5.97 Å². The van der Waals surface area contributed by atoms with Gasteiger partial charge in [0.05, 0.1) is 0 Å². The molecule has 0 unspecified atom stereocenters. The molecule has 0 saturated heterocycles. The zero-order valence-corrected chi connectivity index (χ0v) is 10.3. The lowest BCUT2D eigenvalue weighted by atomic mass is 10.0. The summed E-state index contributed by atoms with van der Waals surface area (Å²) in [6.07, 6.45) is 0.140. The number of rotatable bonds is 4. The highest BCUT2D eigenvalue weighted by Gasteiger charge is 2.09. The fraction of sp³-hybridized carbons (Fsp3) is 0.0625. The van der Waals surface area contributed by atoms with E-state index < -0.39 is 5.97 Å². The van der Waals surface area contributed by atoms with Gasteiger partial charge in [0.1, 0.15) is 5.82 Å². The summed E-state index contributed by atoms with van der Waals surface area (Å²) in [5.41, 5.74) is 1.95. The van der Waals surface area contributed by atoms with Crippen molar-refractivity contribution in [3.63, 3.8) is 0 Å². The summed E-state index contributed by atoms with van der Waals surface area (Å²) >= 11 is 0. The molecule has 2 nitrogen and oxygen atoms in total. The molecule has 0 aliphatic carbocycles. The smallest absolute Gasteiger partial charge is 0.331 e. The molecule has 0 aromatic heterocycles. The topological polar surface area (TPSA) is 37.3 Å². The number of benzene rings is 2. The fourth-order valence-corrected chi connectivity index (χ4v) is 1.84. The van der Waals surface area contributed by atoms with E-state index in [2.05, 4.69) is 6.58 Å². The van der Waals surface area contributed by atoms with E-state index in [1.54, 1.807) is 12.1 Å². The Balaban J connectivity index is 2.28. The van der Waals surface area contributed by atoms with Crippen LogP contribution in [0.25, 0.3) is 11.1 Å².